The van der Waals surface area contributed by atoms with Crippen LogP contribution in [0.4, 0.5) is 0 Å². The minimum atomic E-state index is -1.28. The maximum atomic E-state index is 12.3. The number of hydrogen-bond acceptors (Lipinski definition) is 8. The van der Waals surface area contributed by atoms with Gasteiger partial charge >= 0.3 is 11.9 Å². The monoisotopic (exact) mass is 449 g/mol. The summed E-state index contributed by atoms with van der Waals surface area (Å²) >= 11 is 1.26. The predicted molar refractivity (Wildman–Crippen MR) is 112 cm³/mol. The van der Waals surface area contributed by atoms with Crippen molar-refractivity contribution in [1.29, 1.82) is 0 Å². The number of rotatable bonds is 9. The van der Waals surface area contributed by atoms with Crippen LogP contribution in [-0.2, 0) is 20.8 Å². The first-order valence-electron chi connectivity index (χ1n) is 9.76. The highest BCUT2D eigenvalue weighted by Crippen LogP contribution is 2.28. The summed E-state index contributed by atoms with van der Waals surface area (Å²) < 4.78 is 0. The summed E-state index contributed by atoms with van der Waals surface area (Å²) in [5.41, 5.74) is 5.55. The highest BCUT2D eigenvalue weighted by Gasteiger charge is 2.34. The maximum absolute atomic E-state index is 12.3. The lowest BCUT2D eigenvalue weighted by molar-refractivity contribution is -0.140. The summed E-state index contributed by atoms with van der Waals surface area (Å²) in [4.78, 5) is 56.1. The van der Waals surface area contributed by atoms with E-state index in [-0.39, 0.29) is 30.6 Å². The Balaban J connectivity index is 1.53. The van der Waals surface area contributed by atoms with E-state index in [2.05, 4.69) is 20.6 Å². The van der Waals surface area contributed by atoms with Gasteiger partial charge < -0.3 is 21.3 Å². The van der Waals surface area contributed by atoms with Crippen LogP contribution in [0.1, 0.15) is 40.2 Å². The topological polar surface area (TPSA) is 184 Å². The Hall–Kier alpha value is -3.28. The van der Waals surface area contributed by atoms with Crippen molar-refractivity contribution in [3.8, 4) is 0 Å². The van der Waals surface area contributed by atoms with Crippen LogP contribution in [0.3, 0.4) is 0 Å². The maximum Gasteiger partial charge on any atom is 0.326 e. The van der Waals surface area contributed by atoms with E-state index in [4.69, 9.17) is 10.8 Å². The van der Waals surface area contributed by atoms with Gasteiger partial charge in [0.05, 0.1) is 10.8 Å². The molecule has 0 bridgehead atoms. The second-order valence-electron chi connectivity index (χ2n) is 7.44. The lowest BCUT2D eigenvalue weighted by Gasteiger charge is -2.28. The molecular weight excluding hydrogens is 426 g/mol. The Morgan fingerprint density at radius 3 is 2.81 bits per heavy atom. The van der Waals surface area contributed by atoms with Crippen LogP contribution in [0.25, 0.3) is 0 Å². The zero-order chi connectivity index (χ0) is 22.5. The summed E-state index contributed by atoms with van der Waals surface area (Å²) in [6, 6.07) is 2.17. The van der Waals surface area contributed by atoms with Crippen LogP contribution in [0, 0.1) is 11.8 Å². The number of carboxylic acids is 2. The van der Waals surface area contributed by atoms with E-state index in [1.807, 2.05) is 6.07 Å². The van der Waals surface area contributed by atoms with Crippen LogP contribution < -0.4 is 16.4 Å². The molecule has 0 radical (unpaired) electrons. The van der Waals surface area contributed by atoms with Crippen molar-refractivity contribution >= 4 is 46.9 Å². The van der Waals surface area contributed by atoms with Gasteiger partial charge in [0.2, 0.25) is 11.9 Å². The Kier molecular flexibility index (Phi) is 7.00. The Morgan fingerprint density at radius 2 is 2.10 bits per heavy atom. The SMILES string of the molecule is NC1=NC2=NC[C@H](CCc3ccc(C(=O)N[C@@H](CCC(=O)O)C(=O)O)s3)CC2C(=O)N1. The average molecular weight is 449 g/mol. The van der Waals surface area contributed by atoms with Crippen molar-refractivity contribution in [2.45, 2.75) is 38.1 Å². The minimum Gasteiger partial charge on any atom is -0.481 e. The smallest absolute Gasteiger partial charge is 0.326 e. The first-order chi connectivity index (χ1) is 14.7. The van der Waals surface area contributed by atoms with Gasteiger partial charge in [0.15, 0.2) is 0 Å². The summed E-state index contributed by atoms with van der Waals surface area (Å²) in [7, 11) is 0. The van der Waals surface area contributed by atoms with Gasteiger partial charge in [-0.1, -0.05) is 0 Å². The molecule has 12 heteroatoms. The van der Waals surface area contributed by atoms with Gasteiger partial charge in [-0.2, -0.15) is 4.99 Å². The molecule has 31 heavy (non-hydrogen) atoms. The van der Waals surface area contributed by atoms with Crippen molar-refractivity contribution < 1.29 is 29.4 Å². The molecule has 3 atom stereocenters. The van der Waals surface area contributed by atoms with Crippen LogP contribution in [0.15, 0.2) is 22.1 Å². The number of carboxylic acid groups (broad SMARTS) is 2. The predicted octanol–water partition coefficient (Wildman–Crippen LogP) is 0.208. The van der Waals surface area contributed by atoms with E-state index in [1.54, 1.807) is 6.07 Å². The number of nitrogens with two attached hydrogens (primary N) is 1. The first kappa shape index (κ1) is 22.4. The van der Waals surface area contributed by atoms with Gasteiger partial charge in [-0.3, -0.25) is 24.7 Å². The number of aliphatic carboxylic acids is 2. The van der Waals surface area contributed by atoms with Gasteiger partial charge in [-0.05, 0) is 43.7 Å². The standard InChI is InChI=1S/C19H23N5O6S/c20-19-23-15-11(16(27)24-19)7-9(8-21-15)1-2-10-3-5-13(31-10)17(28)22-12(18(29)30)4-6-14(25)26/h3,5,9,11-12H,1-2,4,6-8H2,(H,22,28)(H,25,26)(H,29,30)(H3,20,21,23,24,27)/t9-,11?,12+/m1/s1. The molecule has 6 N–H and O–H groups in total. The minimum absolute atomic E-state index is 0.0657. The molecule has 3 heterocycles. The molecule has 0 fully saturated rings. The number of aliphatic imine (C=N–C) groups is 2. The largest absolute Gasteiger partial charge is 0.481 e. The lowest BCUT2D eigenvalue weighted by atomic mass is 9.86. The van der Waals surface area contributed by atoms with Gasteiger partial charge in [0.1, 0.15) is 11.9 Å². The van der Waals surface area contributed by atoms with Crippen molar-refractivity contribution in [3.05, 3.63) is 21.9 Å². The van der Waals surface area contributed by atoms with E-state index in [9.17, 15) is 24.3 Å². The number of carbonyl (C=O) groups is 4. The fraction of sp³-hybridized carbons (Fsp3) is 0.474. The average Bonchev–Trinajstić information content (AvgIpc) is 3.18. The molecule has 0 aliphatic carbocycles. The molecule has 11 nitrogen and oxygen atoms in total. The number of nitrogens with zero attached hydrogens (tertiary/aromatic N) is 2. The highest BCUT2D eigenvalue weighted by molar-refractivity contribution is 7.14. The summed E-state index contributed by atoms with van der Waals surface area (Å²) in [5.74, 6) is -2.80. The molecule has 3 rings (SSSR count). The number of hydrogen-bond donors (Lipinski definition) is 5. The number of aryl methyl sites for hydroxylation is 1. The molecule has 2 aliphatic heterocycles. The van der Waals surface area contributed by atoms with Crippen LogP contribution in [0.2, 0.25) is 0 Å². The van der Waals surface area contributed by atoms with E-state index >= 15 is 0 Å². The summed E-state index contributed by atoms with van der Waals surface area (Å²) in [6.45, 7) is 0.554. The molecule has 0 saturated heterocycles. The molecule has 166 valence electrons. The van der Waals surface area contributed by atoms with Crippen LogP contribution >= 0.6 is 11.3 Å². The number of amides is 2. The van der Waals surface area contributed by atoms with Gasteiger partial charge in [-0.15, -0.1) is 11.3 Å². The molecule has 0 spiro atoms. The van der Waals surface area contributed by atoms with Crippen LogP contribution in [-0.4, -0.2) is 58.3 Å². The highest BCUT2D eigenvalue weighted by atomic mass is 32.1. The lowest BCUT2D eigenvalue weighted by Crippen LogP contribution is -2.49. The first-order valence-corrected chi connectivity index (χ1v) is 10.6. The van der Waals surface area contributed by atoms with Crippen LogP contribution in [0.5, 0.6) is 0 Å². The summed E-state index contributed by atoms with van der Waals surface area (Å²) in [5, 5.41) is 22.8. The fourth-order valence-electron chi connectivity index (χ4n) is 3.49. The number of fused-ring (bicyclic) bond motifs is 1. The number of amidine groups is 1. The molecule has 0 aromatic carbocycles. The number of guanidine groups is 1. The number of carbonyl (C=O) groups excluding carboxylic acids is 2. The second kappa shape index (κ2) is 9.69. The molecule has 1 unspecified atom stereocenters. The normalized spacial score (nSPS) is 21.2. The van der Waals surface area contributed by atoms with E-state index in [0.717, 1.165) is 11.3 Å². The molecule has 1 aromatic heterocycles. The van der Waals surface area contributed by atoms with Crippen molar-refractivity contribution in [2.24, 2.45) is 27.6 Å². The van der Waals surface area contributed by atoms with Crippen molar-refractivity contribution in [3.63, 3.8) is 0 Å². The molecule has 2 aliphatic rings. The molecule has 0 saturated carbocycles. The quantitative estimate of drug-likeness (QED) is 0.357. The second-order valence-corrected chi connectivity index (χ2v) is 8.61. The Labute approximate surface area is 181 Å². The van der Waals surface area contributed by atoms with Gasteiger partial charge in [0, 0.05) is 17.8 Å². The fourth-order valence-corrected chi connectivity index (χ4v) is 4.42. The number of thiophene rings is 1. The van der Waals surface area contributed by atoms with Crippen molar-refractivity contribution in [1.82, 2.24) is 10.6 Å². The molecular formula is C19H23N5O6S. The van der Waals surface area contributed by atoms with Gasteiger partial charge in [0.25, 0.3) is 5.91 Å². The summed E-state index contributed by atoms with van der Waals surface area (Å²) in [6.07, 6.45) is 1.55. The third kappa shape index (κ3) is 5.87. The number of nitrogens with one attached hydrogen (secondary N) is 2. The van der Waals surface area contributed by atoms with E-state index in [0.29, 0.717) is 30.1 Å². The molecule has 1 aromatic rings. The zero-order valence-electron chi connectivity index (χ0n) is 16.5. The van der Waals surface area contributed by atoms with Crippen molar-refractivity contribution in [2.75, 3.05) is 6.54 Å². The molecule has 2 amide bonds. The Morgan fingerprint density at radius 1 is 1.32 bits per heavy atom. The third-order valence-electron chi connectivity index (χ3n) is 5.13. The van der Waals surface area contributed by atoms with E-state index in [1.165, 1.54) is 11.3 Å². The zero-order valence-corrected chi connectivity index (χ0v) is 17.4. The Bertz CT molecular complexity index is 955. The van der Waals surface area contributed by atoms with Gasteiger partial charge in [-0.25, -0.2) is 4.79 Å². The van der Waals surface area contributed by atoms with E-state index < -0.39 is 29.8 Å². The third-order valence-corrected chi connectivity index (χ3v) is 6.27.